The fourth-order valence-corrected chi connectivity index (χ4v) is 3.42. The van der Waals surface area contributed by atoms with Gasteiger partial charge >= 0.3 is 0 Å². The van der Waals surface area contributed by atoms with E-state index in [-0.39, 0.29) is 18.2 Å². The number of nitrogens with zero attached hydrogens (tertiary/aromatic N) is 5. The van der Waals surface area contributed by atoms with Crippen LogP contribution >= 0.6 is 23.4 Å². The lowest BCUT2D eigenvalue weighted by Gasteiger charge is -2.18. The van der Waals surface area contributed by atoms with Crippen LogP contribution in [0.1, 0.15) is 11.1 Å². The summed E-state index contributed by atoms with van der Waals surface area (Å²) < 4.78 is 15.5. The van der Waals surface area contributed by atoms with Gasteiger partial charge in [-0.1, -0.05) is 47.1 Å². The molecule has 9 heteroatoms. The lowest BCUT2D eigenvalue weighted by Crippen LogP contribution is -2.28. The normalized spacial score (nSPS) is 10.8. The summed E-state index contributed by atoms with van der Waals surface area (Å²) in [5, 5.41) is 12.4. The van der Waals surface area contributed by atoms with Crippen molar-refractivity contribution in [3.8, 4) is 5.69 Å². The van der Waals surface area contributed by atoms with Crippen LogP contribution in [0.5, 0.6) is 0 Å². The second-order valence-electron chi connectivity index (χ2n) is 5.95. The van der Waals surface area contributed by atoms with Gasteiger partial charge in [-0.05, 0) is 41.6 Å². The summed E-state index contributed by atoms with van der Waals surface area (Å²) in [4.78, 5) is 13.8. The molecule has 0 aliphatic heterocycles. The first-order valence-corrected chi connectivity index (χ1v) is 9.47. The van der Waals surface area contributed by atoms with E-state index in [1.807, 2.05) is 31.2 Å². The predicted molar refractivity (Wildman–Crippen MR) is 102 cm³/mol. The third-order valence-corrected chi connectivity index (χ3v) is 5.19. The number of benzene rings is 2. The number of aromatic nitrogens is 4. The van der Waals surface area contributed by atoms with Gasteiger partial charge in [0.25, 0.3) is 0 Å². The number of aryl methyl sites for hydroxylation is 1. The molecule has 27 heavy (non-hydrogen) atoms. The van der Waals surface area contributed by atoms with Crippen molar-refractivity contribution < 1.29 is 9.18 Å². The number of rotatable bonds is 6. The van der Waals surface area contributed by atoms with Gasteiger partial charge in [0, 0.05) is 24.2 Å². The van der Waals surface area contributed by atoms with Crippen LogP contribution in [-0.4, -0.2) is 43.8 Å². The molecule has 3 rings (SSSR count). The molecule has 1 amide bonds. The maximum absolute atomic E-state index is 13.9. The molecule has 6 nitrogen and oxygen atoms in total. The molecule has 1 aromatic heterocycles. The van der Waals surface area contributed by atoms with E-state index in [9.17, 15) is 9.18 Å². The summed E-state index contributed by atoms with van der Waals surface area (Å²) in [7, 11) is 1.61. The zero-order chi connectivity index (χ0) is 19.4. The molecule has 0 saturated heterocycles. The van der Waals surface area contributed by atoms with Crippen LogP contribution in [0.3, 0.4) is 0 Å². The van der Waals surface area contributed by atoms with Gasteiger partial charge in [-0.15, -0.1) is 5.10 Å². The van der Waals surface area contributed by atoms with E-state index in [1.165, 1.54) is 28.8 Å². The fraction of sp³-hybridized carbons (Fsp3) is 0.222. The molecule has 0 saturated carbocycles. The van der Waals surface area contributed by atoms with E-state index in [2.05, 4.69) is 15.5 Å². The number of carbonyl (C=O) groups excluding carboxylic acids is 1. The zero-order valence-electron chi connectivity index (χ0n) is 14.8. The minimum atomic E-state index is -0.432. The van der Waals surface area contributed by atoms with E-state index in [0.717, 1.165) is 11.3 Å². The standard InChI is InChI=1S/C18H17ClFN5OS/c1-12-6-8-13(9-7-12)25-18(21-22-23-25)27-11-17(26)24(2)10-14-15(19)4-3-5-16(14)20/h3-9H,10-11H2,1-2H3. The van der Waals surface area contributed by atoms with Gasteiger partial charge in [0.2, 0.25) is 11.1 Å². The van der Waals surface area contributed by atoms with Crippen LogP contribution in [0, 0.1) is 12.7 Å². The van der Waals surface area contributed by atoms with Gasteiger partial charge in [0.05, 0.1) is 11.4 Å². The van der Waals surface area contributed by atoms with Crippen LogP contribution in [0.2, 0.25) is 5.02 Å². The Morgan fingerprint density at radius 3 is 2.70 bits per heavy atom. The molecule has 1 heterocycles. The highest BCUT2D eigenvalue weighted by atomic mass is 35.5. The third-order valence-electron chi connectivity index (χ3n) is 3.93. The SMILES string of the molecule is Cc1ccc(-n2nnnc2SCC(=O)N(C)Cc2c(F)cccc2Cl)cc1. The molecule has 0 radical (unpaired) electrons. The van der Waals surface area contributed by atoms with Crippen molar-refractivity contribution in [2.45, 2.75) is 18.6 Å². The van der Waals surface area contributed by atoms with Crippen molar-refractivity contribution >= 4 is 29.3 Å². The highest BCUT2D eigenvalue weighted by Crippen LogP contribution is 2.22. The number of thioether (sulfide) groups is 1. The van der Waals surface area contributed by atoms with Gasteiger partial charge in [-0.3, -0.25) is 4.79 Å². The molecule has 0 aliphatic rings. The maximum Gasteiger partial charge on any atom is 0.233 e. The topological polar surface area (TPSA) is 63.9 Å². The lowest BCUT2D eigenvalue weighted by molar-refractivity contribution is -0.127. The maximum atomic E-state index is 13.9. The Labute approximate surface area is 165 Å². The van der Waals surface area contributed by atoms with Crippen LogP contribution in [-0.2, 0) is 11.3 Å². The van der Waals surface area contributed by atoms with Gasteiger partial charge < -0.3 is 4.90 Å². The van der Waals surface area contributed by atoms with Crippen LogP contribution < -0.4 is 0 Å². The van der Waals surface area contributed by atoms with Crippen molar-refractivity contribution in [1.29, 1.82) is 0 Å². The second-order valence-corrected chi connectivity index (χ2v) is 7.30. The Morgan fingerprint density at radius 1 is 1.26 bits per heavy atom. The van der Waals surface area contributed by atoms with Gasteiger partial charge in [-0.25, -0.2) is 4.39 Å². The molecule has 140 valence electrons. The van der Waals surface area contributed by atoms with Crippen molar-refractivity contribution in [1.82, 2.24) is 25.1 Å². The second kappa shape index (κ2) is 8.49. The molecule has 0 fully saturated rings. The summed E-state index contributed by atoms with van der Waals surface area (Å²) in [5.41, 5.74) is 2.24. The first kappa shape index (κ1) is 19.3. The average molecular weight is 406 g/mol. The molecule has 3 aromatic rings. The van der Waals surface area contributed by atoms with Crippen molar-refractivity contribution in [2.24, 2.45) is 0 Å². The van der Waals surface area contributed by atoms with Gasteiger partial charge in [0.1, 0.15) is 5.82 Å². The Morgan fingerprint density at radius 2 is 2.00 bits per heavy atom. The summed E-state index contributed by atoms with van der Waals surface area (Å²) >= 11 is 7.24. The fourth-order valence-electron chi connectivity index (χ4n) is 2.36. The average Bonchev–Trinajstić information content (AvgIpc) is 3.12. The van der Waals surface area contributed by atoms with Crippen LogP contribution in [0.25, 0.3) is 5.69 Å². The smallest absolute Gasteiger partial charge is 0.233 e. The van der Waals surface area contributed by atoms with E-state index in [4.69, 9.17) is 11.6 Å². The van der Waals surface area contributed by atoms with E-state index >= 15 is 0 Å². The van der Waals surface area contributed by atoms with E-state index in [1.54, 1.807) is 17.8 Å². The summed E-state index contributed by atoms with van der Waals surface area (Å²) in [6, 6.07) is 12.2. The number of amides is 1. The van der Waals surface area contributed by atoms with Gasteiger partial charge in [0.15, 0.2) is 0 Å². The molecule has 0 bridgehead atoms. The molecule has 0 atom stereocenters. The summed E-state index contributed by atoms with van der Waals surface area (Å²) in [6.07, 6.45) is 0. The summed E-state index contributed by atoms with van der Waals surface area (Å²) in [6.45, 7) is 2.09. The first-order valence-electron chi connectivity index (χ1n) is 8.11. The summed E-state index contributed by atoms with van der Waals surface area (Å²) in [5.74, 6) is -0.495. The quantitative estimate of drug-likeness (QED) is 0.587. The monoisotopic (exact) mass is 405 g/mol. The number of hydrogen-bond acceptors (Lipinski definition) is 5. The number of halogens is 2. The highest BCUT2D eigenvalue weighted by Gasteiger charge is 2.17. The Kier molecular flexibility index (Phi) is 6.08. The van der Waals surface area contributed by atoms with Gasteiger partial charge in [-0.2, -0.15) is 4.68 Å². The molecule has 0 unspecified atom stereocenters. The number of hydrogen-bond donors (Lipinski definition) is 0. The molecular weight excluding hydrogens is 389 g/mol. The minimum Gasteiger partial charge on any atom is -0.341 e. The largest absolute Gasteiger partial charge is 0.341 e. The third kappa shape index (κ3) is 4.64. The lowest BCUT2D eigenvalue weighted by atomic mass is 10.2. The van der Waals surface area contributed by atoms with E-state index < -0.39 is 5.82 Å². The molecule has 0 aliphatic carbocycles. The molecule has 0 spiro atoms. The Balaban J connectivity index is 1.64. The molecule has 0 N–H and O–H groups in total. The Bertz CT molecular complexity index is 927. The highest BCUT2D eigenvalue weighted by molar-refractivity contribution is 7.99. The molecular formula is C18H17ClFN5OS. The number of tetrazole rings is 1. The Hall–Kier alpha value is -2.45. The van der Waals surface area contributed by atoms with Crippen molar-refractivity contribution in [3.63, 3.8) is 0 Å². The predicted octanol–water partition coefficient (Wildman–Crippen LogP) is 3.51. The zero-order valence-corrected chi connectivity index (χ0v) is 16.3. The molecule has 2 aromatic carbocycles. The van der Waals surface area contributed by atoms with Crippen molar-refractivity contribution in [2.75, 3.05) is 12.8 Å². The van der Waals surface area contributed by atoms with Crippen LogP contribution in [0.15, 0.2) is 47.6 Å². The first-order chi connectivity index (χ1) is 13.0. The van der Waals surface area contributed by atoms with Crippen molar-refractivity contribution in [3.05, 3.63) is 64.4 Å². The number of carbonyl (C=O) groups is 1. The van der Waals surface area contributed by atoms with E-state index in [0.29, 0.717) is 15.7 Å². The van der Waals surface area contributed by atoms with Crippen LogP contribution in [0.4, 0.5) is 4.39 Å². The minimum absolute atomic E-state index is 0.0911.